The number of nitrogens with one attached hydrogen (secondary N) is 3. The number of hydrogen-bond acceptors (Lipinski definition) is 6. The minimum atomic E-state index is -0.226. The van der Waals surface area contributed by atoms with E-state index in [9.17, 15) is 9.59 Å². The lowest BCUT2D eigenvalue weighted by Gasteiger charge is -2.32. The molecule has 0 aliphatic carbocycles. The second kappa shape index (κ2) is 10.3. The summed E-state index contributed by atoms with van der Waals surface area (Å²) in [4.78, 5) is 38.2. The van der Waals surface area contributed by atoms with Gasteiger partial charge in [-0.1, -0.05) is 13.0 Å². The van der Waals surface area contributed by atoms with Crippen molar-refractivity contribution in [2.24, 2.45) is 0 Å². The van der Waals surface area contributed by atoms with Gasteiger partial charge in [0, 0.05) is 62.3 Å². The van der Waals surface area contributed by atoms with E-state index in [0.29, 0.717) is 23.5 Å². The molecule has 1 saturated heterocycles. The van der Waals surface area contributed by atoms with Gasteiger partial charge in [-0.2, -0.15) is 0 Å². The molecule has 4 heterocycles. The highest BCUT2D eigenvalue weighted by Crippen LogP contribution is 2.36. The third kappa shape index (κ3) is 5.11. The minimum Gasteiger partial charge on any atom is -0.381 e. The molecule has 3 N–H and O–H groups in total. The van der Waals surface area contributed by atoms with Crippen molar-refractivity contribution < 1.29 is 9.59 Å². The Morgan fingerprint density at radius 1 is 1.00 bits per heavy atom. The van der Waals surface area contributed by atoms with Crippen LogP contribution in [0.1, 0.15) is 25.3 Å². The summed E-state index contributed by atoms with van der Waals surface area (Å²) in [5.41, 5.74) is 6.47. The van der Waals surface area contributed by atoms with Crippen molar-refractivity contribution in [2.75, 3.05) is 54.6 Å². The van der Waals surface area contributed by atoms with Crippen molar-refractivity contribution in [1.29, 1.82) is 0 Å². The Labute approximate surface area is 216 Å². The van der Waals surface area contributed by atoms with Crippen molar-refractivity contribution in [1.82, 2.24) is 14.9 Å². The fraction of sp³-hybridized carbons (Fsp3) is 0.286. The van der Waals surface area contributed by atoms with E-state index in [1.165, 1.54) is 11.3 Å². The van der Waals surface area contributed by atoms with Crippen LogP contribution in [0.3, 0.4) is 0 Å². The Morgan fingerprint density at radius 3 is 2.51 bits per heavy atom. The highest BCUT2D eigenvalue weighted by molar-refractivity contribution is 6.28. The Hall–Kier alpha value is -4.40. The van der Waals surface area contributed by atoms with Crippen LogP contribution in [0.15, 0.2) is 60.6 Å². The van der Waals surface area contributed by atoms with Crippen LogP contribution in [-0.2, 0) is 4.79 Å². The number of pyridine rings is 2. The molecule has 0 unspecified atom stereocenters. The number of hydrogen-bond donors (Lipinski definition) is 3. The van der Waals surface area contributed by atoms with Gasteiger partial charge in [0.15, 0.2) is 0 Å². The van der Waals surface area contributed by atoms with Crippen LogP contribution in [0, 0.1) is 0 Å². The molecule has 190 valence electrons. The first-order chi connectivity index (χ1) is 17.9. The van der Waals surface area contributed by atoms with E-state index in [1.54, 1.807) is 32.7 Å². The van der Waals surface area contributed by atoms with Crippen LogP contribution in [0.4, 0.5) is 27.7 Å². The Bertz CT molecular complexity index is 1360. The molecule has 0 radical (unpaired) electrons. The summed E-state index contributed by atoms with van der Waals surface area (Å²) < 4.78 is 0. The Kier molecular flexibility index (Phi) is 6.76. The number of aromatic nitrogens is 2. The molecule has 3 aromatic rings. The van der Waals surface area contributed by atoms with Crippen molar-refractivity contribution in [2.45, 2.75) is 19.8 Å². The summed E-state index contributed by atoms with van der Waals surface area (Å²) in [6.45, 7) is 4.73. The first-order valence-electron chi connectivity index (χ1n) is 12.5. The average Bonchev–Trinajstić information content (AvgIpc) is 2.87. The van der Waals surface area contributed by atoms with E-state index in [-0.39, 0.29) is 11.9 Å². The van der Waals surface area contributed by atoms with E-state index >= 15 is 0 Å². The molecule has 2 aliphatic heterocycles. The Balaban J connectivity index is 1.43. The SMILES string of the molecule is CCC1=C(C(=O)Nc2ccc(N3CCC3)nc2)c2cc(-c3cncc(NC(=O)N(C)C)c3)ccc2NC1. The first-order valence-corrected chi connectivity index (χ1v) is 12.5. The summed E-state index contributed by atoms with van der Waals surface area (Å²) in [5, 5.41) is 9.32. The molecule has 37 heavy (non-hydrogen) atoms. The molecule has 3 amide bonds. The van der Waals surface area contributed by atoms with E-state index in [1.807, 2.05) is 36.4 Å². The van der Waals surface area contributed by atoms with E-state index in [0.717, 1.165) is 53.3 Å². The second-order valence-electron chi connectivity index (χ2n) is 9.43. The van der Waals surface area contributed by atoms with Crippen LogP contribution in [0.5, 0.6) is 0 Å². The lowest BCUT2D eigenvalue weighted by molar-refractivity contribution is -0.111. The summed E-state index contributed by atoms with van der Waals surface area (Å²) in [6.07, 6.45) is 7.02. The van der Waals surface area contributed by atoms with Gasteiger partial charge >= 0.3 is 6.03 Å². The predicted octanol–water partition coefficient (Wildman–Crippen LogP) is 4.68. The number of anilines is 4. The fourth-order valence-corrected chi connectivity index (χ4v) is 4.44. The number of benzene rings is 1. The van der Waals surface area contributed by atoms with Gasteiger partial charge in [-0.05, 0) is 54.3 Å². The van der Waals surface area contributed by atoms with E-state index < -0.39 is 0 Å². The van der Waals surface area contributed by atoms with E-state index in [4.69, 9.17) is 0 Å². The predicted molar refractivity (Wildman–Crippen MR) is 148 cm³/mol. The topological polar surface area (TPSA) is 102 Å². The molecular weight excluding hydrogens is 466 g/mol. The van der Waals surface area contributed by atoms with Gasteiger partial charge in [-0.15, -0.1) is 0 Å². The van der Waals surface area contributed by atoms with Gasteiger partial charge < -0.3 is 25.8 Å². The number of urea groups is 1. The smallest absolute Gasteiger partial charge is 0.321 e. The van der Waals surface area contributed by atoms with Gasteiger partial charge in [0.1, 0.15) is 5.82 Å². The van der Waals surface area contributed by atoms with Gasteiger partial charge in [0.2, 0.25) is 0 Å². The van der Waals surface area contributed by atoms with Crippen molar-refractivity contribution in [3.8, 4) is 11.1 Å². The highest BCUT2D eigenvalue weighted by Gasteiger charge is 2.25. The third-order valence-corrected chi connectivity index (χ3v) is 6.70. The lowest BCUT2D eigenvalue weighted by atomic mass is 9.90. The molecule has 5 rings (SSSR count). The van der Waals surface area contributed by atoms with Crippen LogP contribution in [0.2, 0.25) is 0 Å². The minimum absolute atomic E-state index is 0.152. The maximum absolute atomic E-state index is 13.6. The molecule has 0 atom stereocenters. The summed E-state index contributed by atoms with van der Waals surface area (Å²) >= 11 is 0. The summed E-state index contributed by atoms with van der Waals surface area (Å²) in [5.74, 6) is 0.785. The zero-order chi connectivity index (χ0) is 25.9. The molecule has 1 fully saturated rings. The third-order valence-electron chi connectivity index (χ3n) is 6.70. The van der Waals surface area contributed by atoms with Crippen molar-refractivity contribution in [3.05, 3.63) is 66.1 Å². The standard InChI is InChI=1S/C28H31N7O2/c1-4-18-15-30-24-8-6-19(20-12-22(16-29-14-20)33-28(37)34(2)3)13-23(24)26(18)27(36)32-21-7-9-25(31-17-21)35-10-5-11-35/h6-9,12-14,16-17,30H,4-5,10-11,15H2,1-3H3,(H,32,36)(H,33,37). The van der Waals surface area contributed by atoms with Crippen LogP contribution >= 0.6 is 0 Å². The van der Waals surface area contributed by atoms with Gasteiger partial charge in [-0.25, -0.2) is 9.78 Å². The molecular formula is C28H31N7O2. The lowest BCUT2D eigenvalue weighted by Crippen LogP contribution is -2.37. The number of fused-ring (bicyclic) bond motifs is 1. The Morgan fingerprint density at radius 2 is 1.84 bits per heavy atom. The normalized spacial score (nSPS) is 14.3. The largest absolute Gasteiger partial charge is 0.381 e. The molecule has 2 aromatic heterocycles. The molecule has 2 aliphatic rings. The monoisotopic (exact) mass is 497 g/mol. The number of carbonyl (C=O) groups is 2. The first kappa shape index (κ1) is 24.3. The van der Waals surface area contributed by atoms with Crippen molar-refractivity contribution >= 4 is 40.4 Å². The molecule has 1 aromatic carbocycles. The quantitative estimate of drug-likeness (QED) is 0.457. The molecule has 0 bridgehead atoms. The maximum atomic E-state index is 13.6. The van der Waals surface area contributed by atoms with Crippen LogP contribution in [-0.4, -0.2) is 60.5 Å². The fourth-order valence-electron chi connectivity index (χ4n) is 4.44. The van der Waals surface area contributed by atoms with Crippen LogP contribution in [0.25, 0.3) is 16.7 Å². The molecule has 0 spiro atoms. The maximum Gasteiger partial charge on any atom is 0.321 e. The number of amides is 3. The van der Waals surface area contributed by atoms with Gasteiger partial charge in [0.05, 0.1) is 23.8 Å². The molecule has 9 heteroatoms. The summed E-state index contributed by atoms with van der Waals surface area (Å²) in [6, 6.07) is 11.5. The van der Waals surface area contributed by atoms with Gasteiger partial charge in [-0.3, -0.25) is 9.78 Å². The molecule has 0 saturated carbocycles. The average molecular weight is 498 g/mol. The van der Waals surface area contributed by atoms with Crippen molar-refractivity contribution in [3.63, 3.8) is 0 Å². The number of rotatable bonds is 6. The number of carbonyl (C=O) groups excluding carboxylic acids is 2. The van der Waals surface area contributed by atoms with Gasteiger partial charge in [0.25, 0.3) is 5.91 Å². The van der Waals surface area contributed by atoms with Crippen LogP contribution < -0.4 is 20.9 Å². The highest BCUT2D eigenvalue weighted by atomic mass is 16.2. The van der Waals surface area contributed by atoms with E-state index in [2.05, 4.69) is 37.7 Å². The summed E-state index contributed by atoms with van der Waals surface area (Å²) in [7, 11) is 3.37. The zero-order valence-electron chi connectivity index (χ0n) is 21.3. The zero-order valence-corrected chi connectivity index (χ0v) is 21.3. The molecule has 9 nitrogen and oxygen atoms in total. The second-order valence-corrected chi connectivity index (χ2v) is 9.43. The number of nitrogens with zero attached hydrogens (tertiary/aromatic N) is 4.